The largest absolute Gasteiger partial charge is 0.377 e. The van der Waals surface area contributed by atoms with Crippen molar-refractivity contribution in [2.75, 3.05) is 5.32 Å². The first-order valence-corrected chi connectivity index (χ1v) is 7.46. The van der Waals surface area contributed by atoms with Gasteiger partial charge in [0.15, 0.2) is 0 Å². The number of benzene rings is 1. The molecule has 0 amide bonds. The van der Waals surface area contributed by atoms with Crippen LogP contribution in [0, 0.1) is 6.92 Å². The molecule has 2 aromatic rings. The molecule has 0 aliphatic heterocycles. The predicted molar refractivity (Wildman–Crippen MR) is 86.1 cm³/mol. The third kappa shape index (κ3) is 3.83. The van der Waals surface area contributed by atoms with Crippen LogP contribution in [0.3, 0.4) is 0 Å². The molecule has 20 heavy (non-hydrogen) atoms. The minimum Gasteiger partial charge on any atom is -0.377 e. The number of unbranched alkanes of at least 4 members (excludes halogenated alkanes) is 1. The SMILES string of the molecule is CCCCc1ccc(C(C)Nc2cnccc2C)cc1. The fourth-order valence-electron chi connectivity index (χ4n) is 2.29. The number of hydrogen-bond donors (Lipinski definition) is 1. The molecule has 0 bridgehead atoms. The summed E-state index contributed by atoms with van der Waals surface area (Å²) in [6.07, 6.45) is 7.41. The summed E-state index contributed by atoms with van der Waals surface area (Å²) in [6.45, 7) is 6.52. The molecule has 2 rings (SSSR count). The van der Waals surface area contributed by atoms with E-state index in [9.17, 15) is 0 Å². The van der Waals surface area contributed by atoms with Gasteiger partial charge in [-0.2, -0.15) is 0 Å². The Labute approximate surface area is 122 Å². The summed E-state index contributed by atoms with van der Waals surface area (Å²) < 4.78 is 0. The van der Waals surface area contributed by atoms with E-state index < -0.39 is 0 Å². The smallest absolute Gasteiger partial charge is 0.0561 e. The fourth-order valence-corrected chi connectivity index (χ4v) is 2.29. The highest BCUT2D eigenvalue weighted by Gasteiger charge is 2.06. The maximum atomic E-state index is 4.18. The Hall–Kier alpha value is -1.83. The lowest BCUT2D eigenvalue weighted by atomic mass is 10.0. The van der Waals surface area contributed by atoms with Crippen LogP contribution in [-0.4, -0.2) is 4.98 Å². The number of pyridine rings is 1. The van der Waals surface area contributed by atoms with Crippen molar-refractivity contribution >= 4 is 5.69 Å². The topological polar surface area (TPSA) is 24.9 Å². The lowest BCUT2D eigenvalue weighted by molar-refractivity contribution is 0.793. The number of nitrogens with zero attached hydrogens (tertiary/aromatic N) is 1. The maximum absolute atomic E-state index is 4.18. The van der Waals surface area contributed by atoms with Gasteiger partial charge in [-0.15, -0.1) is 0 Å². The number of aryl methyl sites for hydroxylation is 2. The van der Waals surface area contributed by atoms with Crippen LogP contribution in [-0.2, 0) is 6.42 Å². The van der Waals surface area contributed by atoms with E-state index in [1.807, 2.05) is 18.5 Å². The van der Waals surface area contributed by atoms with Crippen LogP contribution in [0.1, 0.15) is 49.4 Å². The lowest BCUT2D eigenvalue weighted by Crippen LogP contribution is -2.08. The quantitative estimate of drug-likeness (QED) is 0.805. The summed E-state index contributed by atoms with van der Waals surface area (Å²) in [5.74, 6) is 0. The minimum atomic E-state index is 0.290. The van der Waals surface area contributed by atoms with Crippen molar-refractivity contribution in [3.05, 3.63) is 59.4 Å². The molecule has 0 spiro atoms. The zero-order valence-electron chi connectivity index (χ0n) is 12.7. The standard InChI is InChI=1S/C18H24N2/c1-4-5-6-16-7-9-17(10-8-16)15(3)20-18-13-19-12-11-14(18)2/h7-13,15,20H,4-6H2,1-3H3. The summed E-state index contributed by atoms with van der Waals surface area (Å²) in [5.41, 5.74) is 5.08. The van der Waals surface area contributed by atoms with Crippen molar-refractivity contribution in [2.24, 2.45) is 0 Å². The van der Waals surface area contributed by atoms with Crippen molar-refractivity contribution in [1.29, 1.82) is 0 Å². The average molecular weight is 268 g/mol. The van der Waals surface area contributed by atoms with E-state index in [-0.39, 0.29) is 6.04 Å². The van der Waals surface area contributed by atoms with Crippen LogP contribution < -0.4 is 5.32 Å². The molecule has 1 heterocycles. The molecule has 1 aromatic heterocycles. The van der Waals surface area contributed by atoms with Crippen LogP contribution in [0.5, 0.6) is 0 Å². The van der Waals surface area contributed by atoms with Crippen LogP contribution >= 0.6 is 0 Å². The Morgan fingerprint density at radius 1 is 1.15 bits per heavy atom. The summed E-state index contributed by atoms with van der Waals surface area (Å²) in [4.78, 5) is 4.18. The van der Waals surface area contributed by atoms with Gasteiger partial charge in [0.2, 0.25) is 0 Å². The monoisotopic (exact) mass is 268 g/mol. The highest BCUT2D eigenvalue weighted by atomic mass is 14.9. The molecular weight excluding hydrogens is 244 g/mol. The van der Waals surface area contributed by atoms with Gasteiger partial charge >= 0.3 is 0 Å². The molecule has 0 aliphatic carbocycles. The second-order valence-electron chi connectivity index (χ2n) is 5.40. The van der Waals surface area contributed by atoms with Gasteiger partial charge in [-0.25, -0.2) is 0 Å². The molecule has 0 saturated heterocycles. The minimum absolute atomic E-state index is 0.290. The zero-order chi connectivity index (χ0) is 14.4. The molecular formula is C18H24N2. The first kappa shape index (κ1) is 14.6. The first-order valence-electron chi connectivity index (χ1n) is 7.46. The lowest BCUT2D eigenvalue weighted by Gasteiger charge is -2.17. The van der Waals surface area contributed by atoms with Gasteiger partial charge in [-0.05, 0) is 49.4 Å². The van der Waals surface area contributed by atoms with Gasteiger partial charge in [0.1, 0.15) is 0 Å². The molecule has 2 nitrogen and oxygen atoms in total. The Morgan fingerprint density at radius 3 is 2.55 bits per heavy atom. The molecule has 1 aromatic carbocycles. The zero-order valence-corrected chi connectivity index (χ0v) is 12.7. The Morgan fingerprint density at radius 2 is 1.90 bits per heavy atom. The van der Waals surface area contributed by atoms with Gasteiger partial charge in [0.05, 0.1) is 11.9 Å². The van der Waals surface area contributed by atoms with Crippen LogP contribution in [0.25, 0.3) is 0 Å². The van der Waals surface area contributed by atoms with Gasteiger partial charge in [-0.1, -0.05) is 37.6 Å². The Kier molecular flexibility index (Phi) is 5.16. The van der Waals surface area contributed by atoms with E-state index in [4.69, 9.17) is 0 Å². The summed E-state index contributed by atoms with van der Waals surface area (Å²) in [6, 6.07) is 11.3. The van der Waals surface area contributed by atoms with Crippen LogP contribution in [0.4, 0.5) is 5.69 Å². The summed E-state index contributed by atoms with van der Waals surface area (Å²) >= 11 is 0. The number of hydrogen-bond acceptors (Lipinski definition) is 2. The highest BCUT2D eigenvalue weighted by Crippen LogP contribution is 2.21. The van der Waals surface area contributed by atoms with Gasteiger partial charge in [0, 0.05) is 12.2 Å². The number of anilines is 1. The van der Waals surface area contributed by atoms with Gasteiger partial charge in [0.25, 0.3) is 0 Å². The molecule has 1 N–H and O–H groups in total. The second-order valence-corrected chi connectivity index (χ2v) is 5.40. The van der Waals surface area contributed by atoms with Crippen LogP contribution in [0.2, 0.25) is 0 Å². The Balaban J connectivity index is 2.02. The third-order valence-electron chi connectivity index (χ3n) is 3.71. The van der Waals surface area contributed by atoms with Gasteiger partial charge in [-0.3, -0.25) is 4.98 Å². The van der Waals surface area contributed by atoms with Crippen molar-refractivity contribution in [2.45, 2.75) is 46.1 Å². The Bertz CT molecular complexity index is 531. The van der Waals surface area contributed by atoms with Crippen molar-refractivity contribution in [1.82, 2.24) is 4.98 Å². The number of nitrogens with one attached hydrogen (secondary N) is 1. The van der Waals surface area contributed by atoms with Crippen molar-refractivity contribution < 1.29 is 0 Å². The van der Waals surface area contributed by atoms with E-state index >= 15 is 0 Å². The van der Waals surface area contributed by atoms with E-state index in [0.717, 1.165) is 5.69 Å². The van der Waals surface area contributed by atoms with E-state index in [0.29, 0.717) is 0 Å². The molecule has 0 saturated carbocycles. The molecule has 0 fully saturated rings. The molecule has 1 unspecified atom stereocenters. The fraction of sp³-hybridized carbons (Fsp3) is 0.389. The number of rotatable bonds is 6. The van der Waals surface area contributed by atoms with E-state index in [1.54, 1.807) is 0 Å². The highest BCUT2D eigenvalue weighted by molar-refractivity contribution is 5.49. The second kappa shape index (κ2) is 7.09. The first-order chi connectivity index (χ1) is 9.70. The molecule has 0 radical (unpaired) electrons. The summed E-state index contributed by atoms with van der Waals surface area (Å²) in [7, 11) is 0. The normalized spacial score (nSPS) is 12.2. The molecule has 2 heteroatoms. The molecule has 1 atom stereocenters. The van der Waals surface area contributed by atoms with Crippen molar-refractivity contribution in [3.8, 4) is 0 Å². The van der Waals surface area contributed by atoms with Crippen molar-refractivity contribution in [3.63, 3.8) is 0 Å². The van der Waals surface area contributed by atoms with E-state index in [1.165, 1.54) is 36.0 Å². The van der Waals surface area contributed by atoms with Crippen LogP contribution in [0.15, 0.2) is 42.7 Å². The maximum Gasteiger partial charge on any atom is 0.0561 e. The molecule has 106 valence electrons. The predicted octanol–water partition coefficient (Wildman–Crippen LogP) is 4.91. The van der Waals surface area contributed by atoms with Gasteiger partial charge < -0.3 is 5.32 Å². The summed E-state index contributed by atoms with van der Waals surface area (Å²) in [5, 5.41) is 3.53. The number of aromatic nitrogens is 1. The molecule has 0 aliphatic rings. The average Bonchev–Trinajstić information content (AvgIpc) is 2.48. The third-order valence-corrected chi connectivity index (χ3v) is 3.71. The van der Waals surface area contributed by atoms with E-state index in [2.05, 4.69) is 55.3 Å².